The van der Waals surface area contributed by atoms with Crippen LogP contribution < -0.4 is 4.90 Å². The van der Waals surface area contributed by atoms with Crippen molar-refractivity contribution in [2.75, 3.05) is 4.90 Å². The molecule has 2 aliphatic carbocycles. The van der Waals surface area contributed by atoms with Crippen molar-refractivity contribution >= 4 is 28.2 Å². The summed E-state index contributed by atoms with van der Waals surface area (Å²) < 4.78 is 0. The van der Waals surface area contributed by atoms with Crippen molar-refractivity contribution in [1.29, 1.82) is 0 Å². The standard InChI is InChI=1S/C67H73N/c1-62(2,3)50-25-22-26-51(40-50)67(65(10,11)12)43-48(37-49(44-67)47-38-52(63(4,5)6)41-53(39-47)64(7,8)9)45-31-33-54(34-32-45)68(61-30-21-19-27-56(61)46-23-16-15-17-24-46)55-35-36-58-57-28-18-20-29-59(57)66(13,14)60(58)42-55/h15-42,44H,43H2,1-14H3. The summed E-state index contributed by atoms with van der Waals surface area (Å²) in [5.74, 6) is 0. The molecule has 0 aromatic heterocycles. The average molecular weight is 892 g/mol. The number of nitrogens with zero attached hydrogens (tertiary/aromatic N) is 1. The van der Waals surface area contributed by atoms with Crippen LogP contribution in [0.3, 0.4) is 0 Å². The molecule has 9 rings (SSSR count). The molecule has 0 saturated carbocycles. The molecule has 1 atom stereocenters. The van der Waals surface area contributed by atoms with Crippen molar-refractivity contribution in [2.45, 2.75) is 130 Å². The molecule has 0 bridgehead atoms. The minimum Gasteiger partial charge on any atom is -0.310 e. The van der Waals surface area contributed by atoms with Gasteiger partial charge in [0.25, 0.3) is 0 Å². The van der Waals surface area contributed by atoms with Crippen molar-refractivity contribution in [3.8, 4) is 22.3 Å². The second-order valence-corrected chi connectivity index (χ2v) is 24.5. The first kappa shape index (κ1) is 46.9. The zero-order valence-corrected chi connectivity index (χ0v) is 43.4. The number of rotatable bonds is 7. The van der Waals surface area contributed by atoms with Crippen LogP contribution in [0, 0.1) is 5.41 Å². The Morgan fingerprint density at radius 3 is 1.63 bits per heavy atom. The summed E-state index contributed by atoms with van der Waals surface area (Å²) in [5, 5.41) is 0. The smallest absolute Gasteiger partial charge is 0.0540 e. The molecule has 1 nitrogen and oxygen atoms in total. The molecular formula is C67H73N. The van der Waals surface area contributed by atoms with E-state index in [0.717, 1.165) is 23.5 Å². The first-order valence-corrected chi connectivity index (χ1v) is 25.0. The third kappa shape index (κ3) is 8.52. The van der Waals surface area contributed by atoms with E-state index in [1.165, 1.54) is 77.9 Å². The highest BCUT2D eigenvalue weighted by Gasteiger charge is 2.45. The molecule has 346 valence electrons. The van der Waals surface area contributed by atoms with Gasteiger partial charge in [-0.1, -0.05) is 243 Å². The maximum absolute atomic E-state index is 2.65. The minimum absolute atomic E-state index is 0.000658. The highest BCUT2D eigenvalue weighted by molar-refractivity contribution is 5.92. The topological polar surface area (TPSA) is 3.24 Å². The van der Waals surface area contributed by atoms with Gasteiger partial charge in [-0.2, -0.15) is 0 Å². The van der Waals surface area contributed by atoms with E-state index in [4.69, 9.17) is 0 Å². The van der Waals surface area contributed by atoms with E-state index in [2.05, 4.69) is 278 Å². The number of fused-ring (bicyclic) bond motifs is 3. The summed E-state index contributed by atoms with van der Waals surface area (Å²) in [7, 11) is 0. The van der Waals surface area contributed by atoms with E-state index in [0.29, 0.717) is 0 Å². The zero-order valence-electron chi connectivity index (χ0n) is 43.4. The molecule has 0 fully saturated rings. The predicted molar refractivity (Wildman–Crippen MR) is 295 cm³/mol. The van der Waals surface area contributed by atoms with Gasteiger partial charge in [0.05, 0.1) is 5.69 Å². The predicted octanol–water partition coefficient (Wildman–Crippen LogP) is 18.9. The second kappa shape index (κ2) is 16.8. The molecule has 0 amide bonds. The van der Waals surface area contributed by atoms with Gasteiger partial charge in [0.15, 0.2) is 0 Å². The molecule has 2 aliphatic rings. The fourth-order valence-electron chi connectivity index (χ4n) is 10.9. The molecule has 0 N–H and O–H groups in total. The Morgan fingerprint density at radius 2 is 1.00 bits per heavy atom. The molecule has 68 heavy (non-hydrogen) atoms. The third-order valence-electron chi connectivity index (χ3n) is 15.3. The largest absolute Gasteiger partial charge is 0.310 e. The first-order valence-electron chi connectivity index (χ1n) is 25.0. The number of allylic oxidation sites excluding steroid dienone is 4. The Balaban J connectivity index is 1.23. The van der Waals surface area contributed by atoms with Gasteiger partial charge in [0, 0.05) is 27.8 Å². The Morgan fingerprint density at radius 1 is 0.426 bits per heavy atom. The quantitative estimate of drug-likeness (QED) is 0.154. The molecule has 0 heterocycles. The Bertz CT molecular complexity index is 3040. The molecule has 7 aromatic carbocycles. The van der Waals surface area contributed by atoms with Crippen molar-refractivity contribution < 1.29 is 0 Å². The summed E-state index contributed by atoms with van der Waals surface area (Å²) >= 11 is 0. The van der Waals surface area contributed by atoms with E-state index in [-0.39, 0.29) is 32.5 Å². The van der Waals surface area contributed by atoms with E-state index >= 15 is 0 Å². The van der Waals surface area contributed by atoms with Gasteiger partial charge >= 0.3 is 0 Å². The van der Waals surface area contributed by atoms with Crippen molar-refractivity contribution in [3.05, 3.63) is 220 Å². The fraction of sp³-hybridized carbons (Fsp3) is 0.313. The number of hydrogen-bond acceptors (Lipinski definition) is 1. The highest BCUT2D eigenvalue weighted by Crippen LogP contribution is 2.55. The lowest BCUT2D eigenvalue weighted by molar-refractivity contribution is 0.240. The zero-order chi connectivity index (χ0) is 48.6. The van der Waals surface area contributed by atoms with Crippen LogP contribution in [-0.2, 0) is 27.1 Å². The lowest BCUT2D eigenvalue weighted by Crippen LogP contribution is -2.40. The number of para-hydroxylation sites is 1. The molecule has 0 spiro atoms. The number of hydrogen-bond donors (Lipinski definition) is 0. The maximum atomic E-state index is 2.65. The van der Waals surface area contributed by atoms with Gasteiger partial charge in [-0.3, -0.25) is 0 Å². The lowest BCUT2D eigenvalue weighted by atomic mass is 9.56. The Labute approximate surface area is 409 Å². The summed E-state index contributed by atoms with van der Waals surface area (Å²) in [6.07, 6.45) is 6.05. The van der Waals surface area contributed by atoms with Crippen molar-refractivity contribution in [1.82, 2.24) is 0 Å². The molecule has 0 aliphatic heterocycles. The van der Waals surface area contributed by atoms with Crippen LogP contribution in [0.15, 0.2) is 176 Å². The lowest BCUT2D eigenvalue weighted by Gasteiger charge is -2.47. The number of benzene rings is 7. The second-order valence-electron chi connectivity index (χ2n) is 24.5. The van der Waals surface area contributed by atoms with Gasteiger partial charge in [-0.15, -0.1) is 0 Å². The number of anilines is 3. The van der Waals surface area contributed by atoms with Gasteiger partial charge in [0.2, 0.25) is 0 Å². The minimum atomic E-state index is -0.290. The molecule has 0 radical (unpaired) electrons. The first-order chi connectivity index (χ1) is 32.0. The maximum Gasteiger partial charge on any atom is 0.0540 e. The van der Waals surface area contributed by atoms with Crippen molar-refractivity contribution in [2.24, 2.45) is 5.41 Å². The van der Waals surface area contributed by atoms with Crippen LogP contribution in [-0.4, -0.2) is 0 Å². The van der Waals surface area contributed by atoms with Crippen LogP contribution in [0.2, 0.25) is 0 Å². The van der Waals surface area contributed by atoms with Gasteiger partial charge < -0.3 is 4.90 Å². The SMILES string of the molecule is CC(C)(C)c1cc(C2=CC(c3cccc(C(C)(C)C)c3)(C(C)(C)C)CC(c3ccc(N(c4ccc5c(c4)C(C)(C)c4ccccc4-5)c4ccccc4-c4ccccc4)cc3)=C2)cc(C(C)(C)C)c1. The van der Waals surface area contributed by atoms with E-state index in [1.807, 2.05) is 0 Å². The monoisotopic (exact) mass is 892 g/mol. The summed E-state index contributed by atoms with van der Waals surface area (Å²) in [6.45, 7) is 33.2. The van der Waals surface area contributed by atoms with Crippen molar-refractivity contribution in [3.63, 3.8) is 0 Å². The summed E-state index contributed by atoms with van der Waals surface area (Å²) in [5.41, 5.74) is 21.4. The summed E-state index contributed by atoms with van der Waals surface area (Å²) in [4.78, 5) is 2.48. The van der Waals surface area contributed by atoms with Gasteiger partial charge in [-0.05, 0) is 131 Å². The normalized spacial score (nSPS) is 17.0. The average Bonchev–Trinajstić information content (AvgIpc) is 3.53. The Kier molecular flexibility index (Phi) is 11.6. The molecule has 7 aromatic rings. The highest BCUT2D eigenvalue weighted by atomic mass is 15.1. The van der Waals surface area contributed by atoms with Crippen LogP contribution in [0.1, 0.15) is 148 Å². The third-order valence-corrected chi connectivity index (χ3v) is 15.3. The molecule has 1 unspecified atom stereocenters. The van der Waals surface area contributed by atoms with Crippen LogP contribution in [0.5, 0.6) is 0 Å². The van der Waals surface area contributed by atoms with E-state index in [9.17, 15) is 0 Å². The van der Waals surface area contributed by atoms with Crippen LogP contribution in [0.4, 0.5) is 17.1 Å². The molecule has 1 heteroatoms. The van der Waals surface area contributed by atoms with Gasteiger partial charge in [0.1, 0.15) is 0 Å². The Hall–Kier alpha value is -6.18. The van der Waals surface area contributed by atoms with Gasteiger partial charge in [-0.25, -0.2) is 0 Å². The molecule has 0 saturated heterocycles. The van der Waals surface area contributed by atoms with Crippen LogP contribution in [0.25, 0.3) is 33.4 Å². The fourth-order valence-corrected chi connectivity index (χ4v) is 10.9. The van der Waals surface area contributed by atoms with E-state index < -0.39 is 0 Å². The molecular weight excluding hydrogens is 819 g/mol. The van der Waals surface area contributed by atoms with Crippen LogP contribution >= 0.6 is 0 Å². The van der Waals surface area contributed by atoms with E-state index in [1.54, 1.807) is 0 Å². The summed E-state index contributed by atoms with van der Waals surface area (Å²) in [6, 6.07) is 62.2.